The standard InChI is InChI=1S/C17H25N3O2/c1-13(19-9-2-3-10-19)14-7-11-20(12-8-14)16-6-4-5-15(18-16)17(21)22/h4-6,13-14H,2-3,7-12H2,1H3,(H,21,22)/t13-/m1/s1. The van der Waals surface area contributed by atoms with E-state index in [0.29, 0.717) is 6.04 Å². The van der Waals surface area contributed by atoms with Crippen molar-refractivity contribution >= 4 is 11.8 Å². The lowest BCUT2D eigenvalue weighted by atomic mass is 9.89. The highest BCUT2D eigenvalue weighted by Gasteiger charge is 2.29. The average Bonchev–Trinajstić information content (AvgIpc) is 3.09. The van der Waals surface area contributed by atoms with Crippen LogP contribution in [0.2, 0.25) is 0 Å². The number of rotatable bonds is 4. The molecule has 2 fully saturated rings. The van der Waals surface area contributed by atoms with Crippen LogP contribution in [0.25, 0.3) is 0 Å². The summed E-state index contributed by atoms with van der Waals surface area (Å²) >= 11 is 0. The molecule has 1 atom stereocenters. The molecule has 5 heteroatoms. The Balaban J connectivity index is 1.59. The third-order valence-electron chi connectivity index (χ3n) is 5.22. The van der Waals surface area contributed by atoms with Crippen LogP contribution in [0, 0.1) is 5.92 Å². The molecule has 2 aliphatic rings. The highest BCUT2D eigenvalue weighted by Crippen LogP contribution is 2.28. The molecule has 0 unspecified atom stereocenters. The zero-order valence-corrected chi connectivity index (χ0v) is 13.2. The van der Waals surface area contributed by atoms with Crippen LogP contribution in [0.3, 0.4) is 0 Å². The molecule has 22 heavy (non-hydrogen) atoms. The molecular weight excluding hydrogens is 278 g/mol. The summed E-state index contributed by atoms with van der Waals surface area (Å²) in [5.74, 6) is 0.587. The van der Waals surface area contributed by atoms with E-state index in [1.807, 2.05) is 6.07 Å². The molecule has 3 heterocycles. The molecule has 0 aromatic carbocycles. The van der Waals surface area contributed by atoms with Gasteiger partial charge in [0.25, 0.3) is 0 Å². The molecule has 2 saturated heterocycles. The van der Waals surface area contributed by atoms with E-state index < -0.39 is 5.97 Å². The lowest BCUT2D eigenvalue weighted by Gasteiger charge is -2.38. The van der Waals surface area contributed by atoms with Gasteiger partial charge < -0.3 is 14.9 Å². The van der Waals surface area contributed by atoms with Gasteiger partial charge in [-0.15, -0.1) is 0 Å². The first-order valence-corrected chi connectivity index (χ1v) is 8.34. The van der Waals surface area contributed by atoms with Crippen molar-refractivity contribution in [2.45, 2.75) is 38.6 Å². The summed E-state index contributed by atoms with van der Waals surface area (Å²) < 4.78 is 0. The van der Waals surface area contributed by atoms with Crippen LogP contribution in [-0.4, -0.2) is 53.2 Å². The maximum atomic E-state index is 11.0. The largest absolute Gasteiger partial charge is 0.477 e. The molecule has 0 aliphatic carbocycles. The number of aromatic nitrogens is 1. The number of hydrogen-bond acceptors (Lipinski definition) is 4. The van der Waals surface area contributed by atoms with Gasteiger partial charge in [0.05, 0.1) is 0 Å². The van der Waals surface area contributed by atoms with Gasteiger partial charge in [0.1, 0.15) is 5.82 Å². The third-order valence-corrected chi connectivity index (χ3v) is 5.22. The number of carboxylic acids is 1. The van der Waals surface area contributed by atoms with Crippen LogP contribution >= 0.6 is 0 Å². The maximum Gasteiger partial charge on any atom is 0.354 e. The van der Waals surface area contributed by atoms with Crippen LogP contribution in [0.4, 0.5) is 5.82 Å². The Bertz CT molecular complexity index is 520. The molecule has 5 nitrogen and oxygen atoms in total. The van der Waals surface area contributed by atoms with E-state index in [4.69, 9.17) is 5.11 Å². The molecule has 0 saturated carbocycles. The van der Waals surface area contributed by atoms with Gasteiger partial charge in [0.15, 0.2) is 5.69 Å². The minimum absolute atomic E-state index is 0.130. The Kier molecular flexibility index (Phi) is 4.62. The van der Waals surface area contributed by atoms with Gasteiger partial charge in [0.2, 0.25) is 0 Å². The van der Waals surface area contributed by atoms with Crippen LogP contribution in [-0.2, 0) is 0 Å². The predicted octanol–water partition coefficient (Wildman–Crippen LogP) is 2.48. The number of anilines is 1. The molecule has 1 aromatic rings. The Morgan fingerprint density at radius 2 is 1.91 bits per heavy atom. The van der Waals surface area contributed by atoms with Gasteiger partial charge in [-0.25, -0.2) is 9.78 Å². The Morgan fingerprint density at radius 1 is 1.23 bits per heavy atom. The molecule has 120 valence electrons. The molecule has 2 aliphatic heterocycles. The summed E-state index contributed by atoms with van der Waals surface area (Å²) in [7, 11) is 0. The van der Waals surface area contributed by atoms with Gasteiger partial charge >= 0.3 is 5.97 Å². The monoisotopic (exact) mass is 303 g/mol. The minimum atomic E-state index is -0.959. The molecule has 0 spiro atoms. The SMILES string of the molecule is C[C@H](C1CCN(c2cccc(C(=O)O)n2)CC1)N1CCCC1. The predicted molar refractivity (Wildman–Crippen MR) is 86.4 cm³/mol. The summed E-state index contributed by atoms with van der Waals surface area (Å²) in [6.45, 7) is 6.82. The van der Waals surface area contributed by atoms with Crippen molar-refractivity contribution in [2.75, 3.05) is 31.1 Å². The van der Waals surface area contributed by atoms with Crippen molar-refractivity contribution in [2.24, 2.45) is 5.92 Å². The number of likely N-dealkylation sites (tertiary alicyclic amines) is 1. The number of hydrogen-bond donors (Lipinski definition) is 1. The van der Waals surface area contributed by atoms with Crippen molar-refractivity contribution in [1.29, 1.82) is 0 Å². The summed E-state index contributed by atoms with van der Waals surface area (Å²) in [5, 5.41) is 9.06. The summed E-state index contributed by atoms with van der Waals surface area (Å²) in [6, 6.07) is 5.91. The fraction of sp³-hybridized carbons (Fsp3) is 0.647. The van der Waals surface area contributed by atoms with E-state index in [9.17, 15) is 4.79 Å². The highest BCUT2D eigenvalue weighted by molar-refractivity contribution is 5.85. The van der Waals surface area contributed by atoms with Gasteiger partial charge in [-0.2, -0.15) is 0 Å². The van der Waals surface area contributed by atoms with Crippen molar-refractivity contribution in [3.63, 3.8) is 0 Å². The van der Waals surface area contributed by atoms with Crippen LogP contribution in [0.15, 0.2) is 18.2 Å². The Labute approximate surface area is 131 Å². The van der Waals surface area contributed by atoms with E-state index in [2.05, 4.69) is 21.7 Å². The number of piperidine rings is 1. The number of carboxylic acid groups (broad SMARTS) is 1. The number of aromatic carboxylic acids is 1. The fourth-order valence-corrected chi connectivity index (χ4v) is 3.78. The fourth-order valence-electron chi connectivity index (χ4n) is 3.78. The van der Waals surface area contributed by atoms with Crippen molar-refractivity contribution < 1.29 is 9.90 Å². The Hall–Kier alpha value is -1.62. The normalized spacial score (nSPS) is 22.0. The topological polar surface area (TPSA) is 56.7 Å². The summed E-state index contributed by atoms with van der Waals surface area (Å²) in [6.07, 6.45) is 5.01. The first-order valence-electron chi connectivity index (χ1n) is 8.34. The lowest BCUT2D eigenvalue weighted by molar-refractivity contribution is 0.0690. The van der Waals surface area contributed by atoms with E-state index >= 15 is 0 Å². The first kappa shape index (κ1) is 15.3. The highest BCUT2D eigenvalue weighted by atomic mass is 16.4. The molecule has 3 rings (SSSR count). The van der Waals surface area contributed by atoms with Gasteiger partial charge in [0, 0.05) is 19.1 Å². The van der Waals surface area contributed by atoms with Crippen LogP contribution in [0.5, 0.6) is 0 Å². The molecule has 1 N–H and O–H groups in total. The number of nitrogens with zero attached hydrogens (tertiary/aromatic N) is 3. The van der Waals surface area contributed by atoms with Gasteiger partial charge in [-0.1, -0.05) is 6.07 Å². The van der Waals surface area contributed by atoms with E-state index in [0.717, 1.165) is 37.7 Å². The maximum absolute atomic E-state index is 11.0. The van der Waals surface area contributed by atoms with Crippen molar-refractivity contribution in [3.8, 4) is 0 Å². The minimum Gasteiger partial charge on any atom is -0.477 e. The molecule has 0 bridgehead atoms. The molecule has 1 aromatic heterocycles. The Morgan fingerprint density at radius 3 is 2.55 bits per heavy atom. The third kappa shape index (κ3) is 3.24. The molecule has 0 radical (unpaired) electrons. The van der Waals surface area contributed by atoms with Gasteiger partial charge in [-0.3, -0.25) is 0 Å². The number of pyridine rings is 1. The average molecular weight is 303 g/mol. The summed E-state index contributed by atoms with van der Waals surface area (Å²) in [5.41, 5.74) is 0.130. The van der Waals surface area contributed by atoms with E-state index in [-0.39, 0.29) is 5.69 Å². The first-order chi connectivity index (χ1) is 10.6. The molecule has 0 amide bonds. The lowest BCUT2D eigenvalue weighted by Crippen LogP contribution is -2.43. The second-order valence-electron chi connectivity index (χ2n) is 6.49. The second-order valence-corrected chi connectivity index (χ2v) is 6.49. The van der Waals surface area contributed by atoms with Crippen LogP contribution < -0.4 is 4.90 Å². The van der Waals surface area contributed by atoms with E-state index in [1.54, 1.807) is 12.1 Å². The second kappa shape index (κ2) is 6.65. The van der Waals surface area contributed by atoms with Crippen molar-refractivity contribution in [3.05, 3.63) is 23.9 Å². The zero-order chi connectivity index (χ0) is 15.5. The smallest absolute Gasteiger partial charge is 0.354 e. The van der Waals surface area contributed by atoms with Gasteiger partial charge in [-0.05, 0) is 63.7 Å². The quantitative estimate of drug-likeness (QED) is 0.926. The molecular formula is C17H25N3O2. The zero-order valence-electron chi connectivity index (χ0n) is 13.2. The van der Waals surface area contributed by atoms with E-state index in [1.165, 1.54) is 25.9 Å². The van der Waals surface area contributed by atoms with Crippen molar-refractivity contribution in [1.82, 2.24) is 9.88 Å². The summed E-state index contributed by atoms with van der Waals surface area (Å²) in [4.78, 5) is 20.1. The number of carbonyl (C=O) groups is 1. The van der Waals surface area contributed by atoms with Crippen LogP contribution in [0.1, 0.15) is 43.1 Å².